The number of benzene rings is 1. The van der Waals surface area contributed by atoms with Crippen LogP contribution in [0.4, 0.5) is 11.6 Å². The third kappa shape index (κ3) is 2.58. The maximum Gasteiger partial charge on any atom is 0.275 e. The topological polar surface area (TPSA) is 101 Å². The van der Waals surface area contributed by atoms with E-state index in [1.165, 1.54) is 0 Å². The minimum Gasteiger partial charge on any atom is -0.369 e. The van der Waals surface area contributed by atoms with Gasteiger partial charge in [0.25, 0.3) is 5.91 Å². The van der Waals surface area contributed by atoms with Crippen molar-refractivity contribution in [3.8, 4) is 11.3 Å². The normalized spacial score (nSPS) is 10.8. The SMILES string of the molecule is Nc1nc(-c2ccc3nc(C(=O)Nc4ccccc4)cn3c2)c[nH]1. The third-order valence-corrected chi connectivity index (χ3v) is 3.61. The van der Waals surface area contributed by atoms with Crippen LogP contribution in [0.2, 0.25) is 0 Å². The Balaban J connectivity index is 1.64. The molecule has 0 saturated heterocycles. The quantitative estimate of drug-likeness (QED) is 0.540. The molecule has 0 spiro atoms. The first-order chi connectivity index (χ1) is 11.7. The van der Waals surface area contributed by atoms with Crippen molar-refractivity contribution in [1.82, 2.24) is 19.4 Å². The van der Waals surface area contributed by atoms with E-state index in [1.807, 2.05) is 48.7 Å². The molecule has 0 bridgehead atoms. The summed E-state index contributed by atoms with van der Waals surface area (Å²) in [5.74, 6) is 0.106. The van der Waals surface area contributed by atoms with Gasteiger partial charge in [0.15, 0.2) is 5.95 Å². The first kappa shape index (κ1) is 14.0. The molecule has 0 aliphatic carbocycles. The Morgan fingerprint density at radius 1 is 1.08 bits per heavy atom. The van der Waals surface area contributed by atoms with Crippen LogP contribution in [-0.2, 0) is 0 Å². The van der Waals surface area contributed by atoms with Gasteiger partial charge in [0.2, 0.25) is 0 Å². The van der Waals surface area contributed by atoms with E-state index in [0.29, 0.717) is 17.3 Å². The minimum absolute atomic E-state index is 0.254. The van der Waals surface area contributed by atoms with E-state index < -0.39 is 0 Å². The van der Waals surface area contributed by atoms with Crippen LogP contribution in [0, 0.1) is 0 Å². The zero-order valence-electron chi connectivity index (χ0n) is 12.6. The number of para-hydroxylation sites is 1. The number of carbonyl (C=O) groups excluding carboxylic acids is 1. The molecule has 4 aromatic rings. The van der Waals surface area contributed by atoms with Gasteiger partial charge in [0.1, 0.15) is 11.3 Å². The molecule has 0 aliphatic rings. The summed E-state index contributed by atoms with van der Waals surface area (Å²) in [6, 6.07) is 13.0. The van der Waals surface area contributed by atoms with Crippen LogP contribution in [0.5, 0.6) is 0 Å². The van der Waals surface area contributed by atoms with E-state index in [-0.39, 0.29) is 5.91 Å². The molecular formula is C17H14N6O. The monoisotopic (exact) mass is 318 g/mol. The van der Waals surface area contributed by atoms with Crippen molar-refractivity contribution in [1.29, 1.82) is 0 Å². The molecule has 1 amide bonds. The molecule has 0 atom stereocenters. The van der Waals surface area contributed by atoms with Gasteiger partial charge in [0, 0.05) is 29.8 Å². The fraction of sp³-hybridized carbons (Fsp3) is 0. The summed E-state index contributed by atoms with van der Waals surface area (Å²) in [7, 11) is 0. The third-order valence-electron chi connectivity index (χ3n) is 3.61. The van der Waals surface area contributed by atoms with Crippen molar-refractivity contribution in [3.63, 3.8) is 0 Å². The summed E-state index contributed by atoms with van der Waals surface area (Å²) in [5, 5.41) is 2.82. The molecule has 24 heavy (non-hydrogen) atoms. The average Bonchev–Trinajstić information content (AvgIpc) is 3.21. The number of aromatic amines is 1. The van der Waals surface area contributed by atoms with Crippen molar-refractivity contribution in [2.75, 3.05) is 11.1 Å². The Hall–Kier alpha value is -3.61. The lowest BCUT2D eigenvalue weighted by molar-refractivity contribution is 0.102. The van der Waals surface area contributed by atoms with Crippen molar-refractivity contribution in [3.05, 3.63) is 66.7 Å². The number of hydrogen-bond donors (Lipinski definition) is 3. The molecule has 0 saturated carbocycles. The number of aromatic nitrogens is 4. The summed E-state index contributed by atoms with van der Waals surface area (Å²) in [4.78, 5) is 23.7. The van der Waals surface area contributed by atoms with Gasteiger partial charge in [-0.25, -0.2) is 9.97 Å². The molecule has 0 fully saturated rings. The Morgan fingerprint density at radius 3 is 2.67 bits per heavy atom. The second kappa shape index (κ2) is 5.54. The van der Waals surface area contributed by atoms with Crippen LogP contribution in [0.3, 0.4) is 0 Å². The van der Waals surface area contributed by atoms with E-state index in [2.05, 4.69) is 20.3 Å². The number of nitrogen functional groups attached to an aromatic ring is 1. The summed E-state index contributed by atoms with van der Waals surface area (Å²) >= 11 is 0. The van der Waals surface area contributed by atoms with Gasteiger partial charge in [-0.1, -0.05) is 18.2 Å². The number of rotatable bonds is 3. The first-order valence-corrected chi connectivity index (χ1v) is 7.35. The van der Waals surface area contributed by atoms with E-state index in [1.54, 1.807) is 16.8 Å². The largest absolute Gasteiger partial charge is 0.369 e. The molecule has 0 unspecified atom stereocenters. The molecule has 0 aliphatic heterocycles. The Morgan fingerprint density at radius 2 is 1.92 bits per heavy atom. The predicted molar refractivity (Wildman–Crippen MR) is 91.6 cm³/mol. The number of fused-ring (bicyclic) bond motifs is 1. The fourth-order valence-corrected chi connectivity index (χ4v) is 2.45. The van der Waals surface area contributed by atoms with Crippen LogP contribution in [0.1, 0.15) is 10.5 Å². The summed E-state index contributed by atoms with van der Waals surface area (Å²) in [6.45, 7) is 0. The van der Waals surface area contributed by atoms with Gasteiger partial charge in [-0.2, -0.15) is 0 Å². The van der Waals surface area contributed by atoms with Crippen LogP contribution >= 0.6 is 0 Å². The van der Waals surface area contributed by atoms with Crippen molar-refractivity contribution in [2.24, 2.45) is 0 Å². The molecule has 4 N–H and O–H groups in total. The van der Waals surface area contributed by atoms with E-state index in [4.69, 9.17) is 5.73 Å². The lowest BCUT2D eigenvalue weighted by Gasteiger charge is -2.01. The zero-order valence-corrected chi connectivity index (χ0v) is 12.6. The van der Waals surface area contributed by atoms with Gasteiger partial charge in [-0.15, -0.1) is 0 Å². The standard InChI is InChI=1S/C17H14N6O/c18-17-19-8-13(22-17)11-6-7-15-21-14(10-23(15)9-11)16(24)20-12-4-2-1-3-5-12/h1-10H,(H,20,24)(H3,18,19,22). The molecule has 3 aromatic heterocycles. The molecular weight excluding hydrogens is 304 g/mol. The highest BCUT2D eigenvalue weighted by Crippen LogP contribution is 2.19. The highest BCUT2D eigenvalue weighted by molar-refractivity contribution is 6.03. The predicted octanol–water partition coefficient (Wildman–Crippen LogP) is 2.56. The first-order valence-electron chi connectivity index (χ1n) is 7.35. The van der Waals surface area contributed by atoms with Gasteiger partial charge >= 0.3 is 0 Å². The van der Waals surface area contributed by atoms with Gasteiger partial charge in [-0.05, 0) is 24.3 Å². The Labute approximate surface area is 137 Å². The zero-order chi connectivity index (χ0) is 16.5. The lowest BCUT2D eigenvalue weighted by Crippen LogP contribution is -2.11. The Bertz CT molecular complexity index is 1020. The molecule has 3 heterocycles. The van der Waals surface area contributed by atoms with E-state index in [9.17, 15) is 4.79 Å². The summed E-state index contributed by atoms with van der Waals surface area (Å²) in [5.41, 5.74) is 8.97. The van der Waals surface area contributed by atoms with Gasteiger partial charge in [0.05, 0.1) is 5.69 Å². The number of pyridine rings is 1. The van der Waals surface area contributed by atoms with Gasteiger partial charge in [-0.3, -0.25) is 4.79 Å². The molecule has 118 valence electrons. The van der Waals surface area contributed by atoms with Crippen LogP contribution in [0.15, 0.2) is 61.1 Å². The number of hydrogen-bond acceptors (Lipinski definition) is 4. The van der Waals surface area contributed by atoms with Gasteiger partial charge < -0.3 is 20.4 Å². The molecule has 7 nitrogen and oxygen atoms in total. The maximum atomic E-state index is 12.3. The highest BCUT2D eigenvalue weighted by Gasteiger charge is 2.12. The number of nitrogens with two attached hydrogens (primary N) is 1. The minimum atomic E-state index is -0.254. The number of nitrogens with one attached hydrogen (secondary N) is 2. The maximum absolute atomic E-state index is 12.3. The van der Waals surface area contributed by atoms with E-state index >= 15 is 0 Å². The molecule has 7 heteroatoms. The van der Waals surface area contributed by atoms with Crippen molar-refractivity contribution < 1.29 is 4.79 Å². The second-order valence-corrected chi connectivity index (χ2v) is 5.30. The van der Waals surface area contributed by atoms with E-state index in [0.717, 1.165) is 16.9 Å². The summed E-state index contributed by atoms with van der Waals surface area (Å²) < 4.78 is 1.79. The molecule has 1 aromatic carbocycles. The van der Waals surface area contributed by atoms with Crippen LogP contribution < -0.4 is 11.1 Å². The fourth-order valence-electron chi connectivity index (χ4n) is 2.45. The second-order valence-electron chi connectivity index (χ2n) is 5.30. The van der Waals surface area contributed by atoms with Crippen molar-refractivity contribution in [2.45, 2.75) is 0 Å². The number of nitrogens with zero attached hydrogens (tertiary/aromatic N) is 3. The average molecular weight is 318 g/mol. The van der Waals surface area contributed by atoms with Crippen molar-refractivity contribution >= 4 is 23.2 Å². The number of amides is 1. The van der Waals surface area contributed by atoms with Crippen LogP contribution in [-0.4, -0.2) is 25.3 Å². The Kier molecular flexibility index (Phi) is 3.24. The molecule has 4 rings (SSSR count). The number of H-pyrrole nitrogens is 1. The highest BCUT2D eigenvalue weighted by atomic mass is 16.1. The van der Waals surface area contributed by atoms with Crippen LogP contribution in [0.25, 0.3) is 16.9 Å². The summed E-state index contributed by atoms with van der Waals surface area (Å²) in [6.07, 6.45) is 5.28. The smallest absolute Gasteiger partial charge is 0.275 e. The molecule has 0 radical (unpaired) electrons. The number of carbonyl (C=O) groups is 1. The number of imidazole rings is 2. The lowest BCUT2D eigenvalue weighted by atomic mass is 10.2. The number of anilines is 2.